The SMILES string of the molecule is CCC1CCCCC1Nc1ccncc1N. The fraction of sp³-hybridized carbons (Fsp3) is 0.615. The highest BCUT2D eigenvalue weighted by Gasteiger charge is 2.23. The first kappa shape index (κ1) is 11.2. The lowest BCUT2D eigenvalue weighted by Crippen LogP contribution is -2.32. The molecule has 2 rings (SSSR count). The zero-order chi connectivity index (χ0) is 11.4. The van der Waals surface area contributed by atoms with E-state index in [1.807, 2.05) is 6.07 Å². The molecule has 0 radical (unpaired) electrons. The number of pyridine rings is 1. The summed E-state index contributed by atoms with van der Waals surface area (Å²) in [7, 11) is 0. The maximum Gasteiger partial charge on any atom is 0.0736 e. The molecule has 1 aromatic rings. The Morgan fingerprint density at radius 1 is 1.44 bits per heavy atom. The number of aromatic nitrogens is 1. The summed E-state index contributed by atoms with van der Waals surface area (Å²) in [4.78, 5) is 4.01. The van der Waals surface area contributed by atoms with Gasteiger partial charge in [0.2, 0.25) is 0 Å². The van der Waals surface area contributed by atoms with E-state index in [1.165, 1.54) is 32.1 Å². The van der Waals surface area contributed by atoms with Crippen LogP contribution in [0.25, 0.3) is 0 Å². The van der Waals surface area contributed by atoms with Gasteiger partial charge in [0.15, 0.2) is 0 Å². The fourth-order valence-electron chi connectivity index (χ4n) is 2.62. The highest BCUT2D eigenvalue weighted by molar-refractivity contribution is 5.64. The zero-order valence-electron chi connectivity index (χ0n) is 9.95. The zero-order valence-corrected chi connectivity index (χ0v) is 9.95. The second-order valence-corrected chi connectivity index (χ2v) is 4.67. The first-order valence-corrected chi connectivity index (χ1v) is 6.27. The van der Waals surface area contributed by atoms with Crippen LogP contribution >= 0.6 is 0 Å². The van der Waals surface area contributed by atoms with Crippen LogP contribution in [0.3, 0.4) is 0 Å². The highest BCUT2D eigenvalue weighted by Crippen LogP contribution is 2.30. The van der Waals surface area contributed by atoms with Gasteiger partial charge in [-0.25, -0.2) is 0 Å². The number of nitrogens with zero attached hydrogens (tertiary/aromatic N) is 1. The molecule has 3 nitrogen and oxygen atoms in total. The number of hydrogen-bond donors (Lipinski definition) is 2. The maximum absolute atomic E-state index is 5.90. The Morgan fingerprint density at radius 2 is 2.25 bits per heavy atom. The molecule has 1 aromatic heterocycles. The van der Waals surface area contributed by atoms with Gasteiger partial charge in [-0.2, -0.15) is 0 Å². The number of nitrogen functional groups attached to an aromatic ring is 1. The topological polar surface area (TPSA) is 50.9 Å². The number of hydrogen-bond acceptors (Lipinski definition) is 3. The smallest absolute Gasteiger partial charge is 0.0736 e. The minimum Gasteiger partial charge on any atom is -0.396 e. The molecular weight excluding hydrogens is 198 g/mol. The summed E-state index contributed by atoms with van der Waals surface area (Å²) in [6.07, 6.45) is 10.1. The molecule has 3 N–H and O–H groups in total. The van der Waals surface area contributed by atoms with Gasteiger partial charge in [0.25, 0.3) is 0 Å². The molecule has 0 spiro atoms. The second-order valence-electron chi connectivity index (χ2n) is 4.67. The first-order chi connectivity index (χ1) is 7.81. The van der Waals surface area contributed by atoms with E-state index < -0.39 is 0 Å². The van der Waals surface area contributed by atoms with Crippen LogP contribution in [0, 0.1) is 5.92 Å². The molecule has 0 amide bonds. The minimum absolute atomic E-state index is 0.587. The third-order valence-electron chi connectivity index (χ3n) is 3.63. The van der Waals surface area contributed by atoms with E-state index >= 15 is 0 Å². The summed E-state index contributed by atoms with van der Waals surface area (Å²) in [6, 6.07) is 2.56. The van der Waals surface area contributed by atoms with Crippen molar-refractivity contribution in [1.29, 1.82) is 0 Å². The number of nitrogens with one attached hydrogen (secondary N) is 1. The van der Waals surface area contributed by atoms with Gasteiger partial charge in [-0.3, -0.25) is 4.98 Å². The molecule has 0 bridgehead atoms. The summed E-state index contributed by atoms with van der Waals surface area (Å²) in [5.41, 5.74) is 7.69. The van der Waals surface area contributed by atoms with Gasteiger partial charge in [-0.05, 0) is 24.8 Å². The lowest BCUT2D eigenvalue weighted by Gasteiger charge is -2.32. The average Bonchev–Trinajstić information content (AvgIpc) is 2.33. The molecule has 16 heavy (non-hydrogen) atoms. The maximum atomic E-state index is 5.90. The monoisotopic (exact) mass is 219 g/mol. The van der Waals surface area contributed by atoms with E-state index in [0.717, 1.165) is 17.3 Å². The number of anilines is 2. The Kier molecular flexibility index (Phi) is 3.65. The van der Waals surface area contributed by atoms with Gasteiger partial charge in [-0.1, -0.05) is 26.2 Å². The van der Waals surface area contributed by atoms with Gasteiger partial charge in [-0.15, -0.1) is 0 Å². The van der Waals surface area contributed by atoms with Crippen molar-refractivity contribution in [1.82, 2.24) is 4.98 Å². The number of nitrogens with two attached hydrogens (primary N) is 1. The van der Waals surface area contributed by atoms with Crippen LogP contribution in [0.2, 0.25) is 0 Å². The number of rotatable bonds is 3. The predicted molar refractivity (Wildman–Crippen MR) is 68.3 cm³/mol. The van der Waals surface area contributed by atoms with Crippen LogP contribution in [0.4, 0.5) is 11.4 Å². The van der Waals surface area contributed by atoms with E-state index in [0.29, 0.717) is 6.04 Å². The molecule has 1 heterocycles. The summed E-state index contributed by atoms with van der Waals surface area (Å²) >= 11 is 0. The molecule has 0 aliphatic heterocycles. The molecule has 0 saturated heterocycles. The van der Waals surface area contributed by atoms with Crippen molar-refractivity contribution in [2.24, 2.45) is 5.92 Å². The lowest BCUT2D eigenvalue weighted by molar-refractivity contribution is 0.317. The quantitative estimate of drug-likeness (QED) is 0.821. The molecule has 0 aromatic carbocycles. The molecule has 1 aliphatic carbocycles. The average molecular weight is 219 g/mol. The van der Waals surface area contributed by atoms with Crippen molar-refractivity contribution < 1.29 is 0 Å². The molecule has 2 atom stereocenters. The molecule has 1 fully saturated rings. The predicted octanol–water partition coefficient (Wildman–Crippen LogP) is 3.04. The van der Waals surface area contributed by atoms with Crippen LogP contribution in [0.1, 0.15) is 39.0 Å². The summed E-state index contributed by atoms with van der Waals surface area (Å²) in [6.45, 7) is 2.28. The Balaban J connectivity index is 2.05. The largest absolute Gasteiger partial charge is 0.396 e. The van der Waals surface area contributed by atoms with E-state index in [1.54, 1.807) is 12.4 Å². The van der Waals surface area contributed by atoms with Gasteiger partial charge >= 0.3 is 0 Å². The Labute approximate surface area is 97.5 Å². The third kappa shape index (κ3) is 2.46. The van der Waals surface area contributed by atoms with E-state index in [4.69, 9.17) is 5.73 Å². The Bertz CT molecular complexity index is 338. The summed E-state index contributed by atoms with van der Waals surface area (Å²) in [5.74, 6) is 0.793. The Hall–Kier alpha value is -1.25. The van der Waals surface area contributed by atoms with Crippen LogP contribution in [0.5, 0.6) is 0 Å². The van der Waals surface area contributed by atoms with Crippen molar-refractivity contribution in [3.05, 3.63) is 18.5 Å². The van der Waals surface area contributed by atoms with Crippen molar-refractivity contribution in [3.63, 3.8) is 0 Å². The van der Waals surface area contributed by atoms with Gasteiger partial charge in [0, 0.05) is 12.2 Å². The van der Waals surface area contributed by atoms with E-state index in [2.05, 4.69) is 17.2 Å². The molecule has 1 saturated carbocycles. The van der Waals surface area contributed by atoms with Gasteiger partial charge in [0.05, 0.1) is 17.6 Å². The standard InChI is InChI=1S/C13H21N3/c1-2-10-5-3-4-6-12(10)16-13-7-8-15-9-11(13)14/h7-10,12H,2-6,14H2,1H3,(H,15,16). The summed E-state index contributed by atoms with van der Waals surface area (Å²) in [5, 5.41) is 3.59. The molecule has 3 heteroatoms. The minimum atomic E-state index is 0.587. The van der Waals surface area contributed by atoms with Crippen LogP contribution < -0.4 is 11.1 Å². The van der Waals surface area contributed by atoms with Crippen molar-refractivity contribution in [3.8, 4) is 0 Å². The van der Waals surface area contributed by atoms with Crippen molar-refractivity contribution in [2.75, 3.05) is 11.1 Å². The van der Waals surface area contributed by atoms with Crippen LogP contribution in [-0.2, 0) is 0 Å². The first-order valence-electron chi connectivity index (χ1n) is 6.27. The third-order valence-corrected chi connectivity index (χ3v) is 3.63. The van der Waals surface area contributed by atoms with Crippen molar-refractivity contribution >= 4 is 11.4 Å². The van der Waals surface area contributed by atoms with Gasteiger partial charge in [0.1, 0.15) is 0 Å². The normalized spacial score (nSPS) is 25.3. The second kappa shape index (κ2) is 5.19. The van der Waals surface area contributed by atoms with E-state index in [9.17, 15) is 0 Å². The molecule has 2 unspecified atom stereocenters. The molecule has 88 valence electrons. The lowest BCUT2D eigenvalue weighted by atomic mass is 9.83. The summed E-state index contributed by atoms with van der Waals surface area (Å²) < 4.78 is 0. The Morgan fingerprint density at radius 3 is 3.00 bits per heavy atom. The van der Waals surface area contributed by atoms with Gasteiger partial charge < -0.3 is 11.1 Å². The van der Waals surface area contributed by atoms with Crippen LogP contribution in [0.15, 0.2) is 18.5 Å². The molecule has 1 aliphatic rings. The van der Waals surface area contributed by atoms with Crippen LogP contribution in [-0.4, -0.2) is 11.0 Å². The van der Waals surface area contributed by atoms with E-state index in [-0.39, 0.29) is 0 Å². The highest BCUT2D eigenvalue weighted by atomic mass is 15.0. The molecular formula is C13H21N3. The van der Waals surface area contributed by atoms with Crippen molar-refractivity contribution in [2.45, 2.75) is 45.1 Å². The fourth-order valence-corrected chi connectivity index (χ4v) is 2.62.